The fourth-order valence-electron chi connectivity index (χ4n) is 1.75. The number of aromatic nitrogens is 3. The van der Waals surface area contributed by atoms with Crippen LogP contribution in [0.1, 0.15) is 23.7 Å². The van der Waals surface area contributed by atoms with E-state index in [9.17, 15) is 0 Å². The standard InChI is InChI=1S/C11H16N4S/c1-12-10(11-7-16-8-13-11)4-3-9-5-14-15(2)6-9/h5-8,10,12H,3-4H2,1-2H3. The fraction of sp³-hybridized carbons (Fsp3) is 0.455. The van der Waals surface area contributed by atoms with E-state index in [1.165, 1.54) is 5.56 Å². The molecule has 1 N–H and O–H groups in total. The van der Waals surface area contributed by atoms with E-state index >= 15 is 0 Å². The summed E-state index contributed by atoms with van der Waals surface area (Å²) in [6, 6.07) is 0.339. The minimum Gasteiger partial charge on any atom is -0.312 e. The van der Waals surface area contributed by atoms with Gasteiger partial charge < -0.3 is 5.32 Å². The highest BCUT2D eigenvalue weighted by atomic mass is 32.1. The van der Waals surface area contributed by atoms with Gasteiger partial charge in [-0.2, -0.15) is 5.10 Å². The average molecular weight is 236 g/mol. The zero-order valence-corrected chi connectivity index (χ0v) is 10.4. The van der Waals surface area contributed by atoms with Crippen LogP contribution in [0.25, 0.3) is 0 Å². The lowest BCUT2D eigenvalue weighted by molar-refractivity contribution is 0.538. The Morgan fingerprint density at radius 2 is 2.44 bits per heavy atom. The second-order valence-corrected chi connectivity index (χ2v) is 4.53. The van der Waals surface area contributed by atoms with Crippen molar-refractivity contribution in [1.29, 1.82) is 0 Å². The molecule has 0 saturated heterocycles. The molecule has 2 aromatic rings. The number of nitrogens with zero attached hydrogens (tertiary/aromatic N) is 3. The molecular formula is C11H16N4S. The van der Waals surface area contributed by atoms with Gasteiger partial charge in [0.1, 0.15) is 0 Å². The van der Waals surface area contributed by atoms with Crippen LogP contribution >= 0.6 is 11.3 Å². The SMILES string of the molecule is CNC(CCc1cnn(C)c1)c1cscn1. The first kappa shape index (κ1) is 11.3. The van der Waals surface area contributed by atoms with Crippen molar-refractivity contribution in [2.24, 2.45) is 7.05 Å². The number of thiazole rings is 1. The first-order valence-electron chi connectivity index (χ1n) is 5.32. The monoisotopic (exact) mass is 236 g/mol. The quantitative estimate of drug-likeness (QED) is 0.860. The van der Waals surface area contributed by atoms with Crippen LogP contribution in [0.4, 0.5) is 0 Å². The second-order valence-electron chi connectivity index (χ2n) is 3.82. The third kappa shape index (κ3) is 2.68. The topological polar surface area (TPSA) is 42.7 Å². The van der Waals surface area contributed by atoms with Gasteiger partial charge in [0.2, 0.25) is 0 Å². The Labute approximate surface area is 99.3 Å². The zero-order valence-electron chi connectivity index (χ0n) is 9.55. The average Bonchev–Trinajstić information content (AvgIpc) is 2.91. The molecule has 0 amide bonds. The van der Waals surface area contributed by atoms with E-state index in [0.717, 1.165) is 18.5 Å². The molecule has 2 heterocycles. The van der Waals surface area contributed by atoms with E-state index in [2.05, 4.69) is 27.0 Å². The molecule has 0 aliphatic rings. The van der Waals surface area contributed by atoms with E-state index in [4.69, 9.17) is 0 Å². The number of nitrogens with one attached hydrogen (secondary N) is 1. The lowest BCUT2D eigenvalue weighted by Gasteiger charge is -2.12. The predicted molar refractivity (Wildman–Crippen MR) is 65.4 cm³/mol. The highest BCUT2D eigenvalue weighted by molar-refractivity contribution is 7.07. The van der Waals surface area contributed by atoms with Gasteiger partial charge in [0.25, 0.3) is 0 Å². The molecule has 0 spiro atoms. The van der Waals surface area contributed by atoms with Gasteiger partial charge in [-0.25, -0.2) is 4.98 Å². The Kier molecular flexibility index (Phi) is 3.69. The molecule has 0 bridgehead atoms. The summed E-state index contributed by atoms with van der Waals surface area (Å²) in [7, 11) is 3.92. The maximum Gasteiger partial charge on any atom is 0.0795 e. The number of aryl methyl sites for hydroxylation is 2. The summed E-state index contributed by atoms with van der Waals surface area (Å²) in [5.74, 6) is 0. The minimum absolute atomic E-state index is 0.339. The summed E-state index contributed by atoms with van der Waals surface area (Å²) in [6.07, 6.45) is 6.06. The van der Waals surface area contributed by atoms with Crippen LogP contribution < -0.4 is 5.32 Å². The molecule has 0 aliphatic carbocycles. The van der Waals surface area contributed by atoms with E-state index in [1.54, 1.807) is 11.3 Å². The van der Waals surface area contributed by atoms with E-state index in [0.29, 0.717) is 6.04 Å². The van der Waals surface area contributed by atoms with Gasteiger partial charge in [0.05, 0.1) is 23.4 Å². The minimum atomic E-state index is 0.339. The molecule has 1 unspecified atom stereocenters. The molecule has 86 valence electrons. The van der Waals surface area contributed by atoms with Crippen LogP contribution in [-0.2, 0) is 13.5 Å². The Morgan fingerprint density at radius 1 is 1.56 bits per heavy atom. The van der Waals surface area contributed by atoms with Crippen molar-refractivity contribution >= 4 is 11.3 Å². The van der Waals surface area contributed by atoms with Gasteiger partial charge in [-0.15, -0.1) is 11.3 Å². The van der Waals surface area contributed by atoms with Crippen molar-refractivity contribution in [3.63, 3.8) is 0 Å². The zero-order chi connectivity index (χ0) is 11.4. The van der Waals surface area contributed by atoms with Gasteiger partial charge in [0.15, 0.2) is 0 Å². The Balaban J connectivity index is 1.93. The van der Waals surface area contributed by atoms with Crippen molar-refractivity contribution in [3.05, 3.63) is 34.5 Å². The summed E-state index contributed by atoms with van der Waals surface area (Å²) >= 11 is 1.64. The van der Waals surface area contributed by atoms with Crippen LogP contribution in [0, 0.1) is 0 Å². The molecule has 5 heteroatoms. The summed E-state index contributed by atoms with van der Waals surface area (Å²) in [4.78, 5) is 4.34. The molecule has 0 saturated carbocycles. The molecule has 2 rings (SSSR count). The van der Waals surface area contributed by atoms with Crippen LogP contribution in [-0.4, -0.2) is 21.8 Å². The molecule has 1 atom stereocenters. The highest BCUT2D eigenvalue weighted by Gasteiger charge is 2.11. The third-order valence-electron chi connectivity index (χ3n) is 2.64. The Hall–Kier alpha value is -1.20. The summed E-state index contributed by atoms with van der Waals surface area (Å²) < 4.78 is 1.84. The first-order chi connectivity index (χ1) is 7.79. The molecule has 4 nitrogen and oxygen atoms in total. The molecule has 0 aliphatic heterocycles. The van der Waals surface area contributed by atoms with Gasteiger partial charge in [0, 0.05) is 18.6 Å². The van der Waals surface area contributed by atoms with Crippen LogP contribution in [0.2, 0.25) is 0 Å². The van der Waals surface area contributed by atoms with E-state index in [1.807, 2.05) is 30.5 Å². The van der Waals surface area contributed by atoms with E-state index in [-0.39, 0.29) is 0 Å². The summed E-state index contributed by atoms with van der Waals surface area (Å²) in [6.45, 7) is 0. The molecule has 16 heavy (non-hydrogen) atoms. The highest BCUT2D eigenvalue weighted by Crippen LogP contribution is 2.18. The summed E-state index contributed by atoms with van der Waals surface area (Å²) in [5, 5.41) is 9.57. The van der Waals surface area contributed by atoms with Crippen LogP contribution in [0.15, 0.2) is 23.3 Å². The smallest absolute Gasteiger partial charge is 0.0795 e. The van der Waals surface area contributed by atoms with Gasteiger partial charge in [-0.05, 0) is 25.5 Å². The number of rotatable bonds is 5. The fourth-order valence-corrected chi connectivity index (χ4v) is 2.35. The van der Waals surface area contributed by atoms with Gasteiger partial charge in [-0.1, -0.05) is 0 Å². The third-order valence-corrected chi connectivity index (χ3v) is 3.24. The predicted octanol–water partition coefficient (Wildman–Crippen LogP) is 1.77. The number of hydrogen-bond acceptors (Lipinski definition) is 4. The van der Waals surface area contributed by atoms with Crippen molar-refractivity contribution in [2.75, 3.05) is 7.05 Å². The molecule has 0 aromatic carbocycles. The normalized spacial score (nSPS) is 12.9. The molecule has 0 radical (unpaired) electrons. The van der Waals surface area contributed by atoms with Crippen molar-refractivity contribution in [1.82, 2.24) is 20.1 Å². The lowest BCUT2D eigenvalue weighted by atomic mass is 10.1. The molecule has 2 aromatic heterocycles. The Bertz CT molecular complexity index is 421. The van der Waals surface area contributed by atoms with Gasteiger partial charge >= 0.3 is 0 Å². The van der Waals surface area contributed by atoms with Crippen molar-refractivity contribution in [2.45, 2.75) is 18.9 Å². The van der Waals surface area contributed by atoms with Crippen LogP contribution in [0.5, 0.6) is 0 Å². The maximum absolute atomic E-state index is 4.34. The Morgan fingerprint density at radius 3 is 3.00 bits per heavy atom. The molecular weight excluding hydrogens is 220 g/mol. The van der Waals surface area contributed by atoms with Crippen molar-refractivity contribution in [3.8, 4) is 0 Å². The van der Waals surface area contributed by atoms with Gasteiger partial charge in [-0.3, -0.25) is 4.68 Å². The number of hydrogen-bond donors (Lipinski definition) is 1. The van der Waals surface area contributed by atoms with E-state index < -0.39 is 0 Å². The first-order valence-corrected chi connectivity index (χ1v) is 6.26. The maximum atomic E-state index is 4.34. The molecule has 0 fully saturated rings. The largest absolute Gasteiger partial charge is 0.312 e. The summed E-state index contributed by atoms with van der Waals surface area (Å²) in [5.41, 5.74) is 4.29. The lowest BCUT2D eigenvalue weighted by Crippen LogP contribution is -2.17. The van der Waals surface area contributed by atoms with Crippen LogP contribution in [0.3, 0.4) is 0 Å². The van der Waals surface area contributed by atoms with Crippen molar-refractivity contribution < 1.29 is 0 Å². The second kappa shape index (κ2) is 5.23.